The highest BCUT2D eigenvalue weighted by Gasteiger charge is 2.05. The summed E-state index contributed by atoms with van der Waals surface area (Å²) in [5.74, 6) is -0.0838. The molecule has 0 atom stereocenters. The molecule has 0 unspecified atom stereocenters. The van der Waals surface area contributed by atoms with Gasteiger partial charge in [0.2, 0.25) is 0 Å². The summed E-state index contributed by atoms with van der Waals surface area (Å²) in [5.41, 5.74) is 1.52. The molecule has 0 amide bonds. The predicted octanol–water partition coefficient (Wildman–Crippen LogP) is 4.24. The van der Waals surface area contributed by atoms with Crippen LogP contribution in [0.1, 0.15) is 15.9 Å². The fourth-order valence-corrected chi connectivity index (χ4v) is 1.72. The molecule has 0 aliphatic heterocycles. The van der Waals surface area contributed by atoms with Crippen LogP contribution in [0.2, 0.25) is 5.02 Å². The molecule has 0 N–H and O–H groups in total. The number of rotatable bonds is 3. The average Bonchev–Trinajstić information content (AvgIpc) is 2.38. The fourth-order valence-electron chi connectivity index (χ4n) is 1.49. The quantitative estimate of drug-likeness (QED) is 0.581. The topological polar surface area (TPSA) is 17.1 Å². The third kappa shape index (κ3) is 3.05. The molecule has 0 aromatic heterocycles. The van der Waals surface area contributed by atoms with Crippen molar-refractivity contribution in [1.82, 2.24) is 0 Å². The Labute approximate surface area is 105 Å². The molecule has 17 heavy (non-hydrogen) atoms. The first-order valence-electron chi connectivity index (χ1n) is 5.29. The summed E-state index contributed by atoms with van der Waals surface area (Å²) in [4.78, 5) is 11.9. The molecule has 0 spiro atoms. The van der Waals surface area contributed by atoms with Crippen molar-refractivity contribution in [2.24, 2.45) is 0 Å². The van der Waals surface area contributed by atoms with Crippen molar-refractivity contribution in [2.75, 3.05) is 0 Å². The third-order valence-corrected chi connectivity index (χ3v) is 2.70. The van der Waals surface area contributed by atoms with Gasteiger partial charge in [0.25, 0.3) is 0 Å². The average molecular weight is 243 g/mol. The molecule has 0 saturated carbocycles. The van der Waals surface area contributed by atoms with Crippen molar-refractivity contribution >= 4 is 23.5 Å². The number of carbonyl (C=O) groups is 1. The van der Waals surface area contributed by atoms with Gasteiger partial charge in [-0.3, -0.25) is 4.79 Å². The summed E-state index contributed by atoms with van der Waals surface area (Å²) in [6.07, 6.45) is 3.32. The third-order valence-electron chi connectivity index (χ3n) is 2.37. The molecule has 0 bridgehead atoms. The van der Waals surface area contributed by atoms with Gasteiger partial charge >= 0.3 is 0 Å². The van der Waals surface area contributed by atoms with E-state index in [2.05, 4.69) is 0 Å². The Bertz CT molecular complexity index is 544. The van der Waals surface area contributed by atoms with Gasteiger partial charge in [0.15, 0.2) is 5.78 Å². The highest BCUT2D eigenvalue weighted by atomic mass is 35.5. The van der Waals surface area contributed by atoms with Gasteiger partial charge in [-0.15, -0.1) is 0 Å². The second-order valence-corrected chi connectivity index (χ2v) is 4.00. The van der Waals surface area contributed by atoms with Crippen LogP contribution in [0.5, 0.6) is 0 Å². The Balaban J connectivity index is 2.18. The zero-order chi connectivity index (χ0) is 12.1. The van der Waals surface area contributed by atoms with Crippen molar-refractivity contribution in [3.8, 4) is 0 Å². The first-order chi connectivity index (χ1) is 8.27. The van der Waals surface area contributed by atoms with Crippen LogP contribution in [-0.4, -0.2) is 5.78 Å². The monoisotopic (exact) mass is 242 g/mol. The predicted molar refractivity (Wildman–Crippen MR) is 71.3 cm³/mol. The summed E-state index contributed by atoms with van der Waals surface area (Å²) in [6.45, 7) is 0. The van der Waals surface area contributed by atoms with Crippen molar-refractivity contribution < 1.29 is 4.79 Å². The summed E-state index contributed by atoms with van der Waals surface area (Å²) < 4.78 is 0. The van der Waals surface area contributed by atoms with Crippen LogP contribution in [0, 0.1) is 0 Å². The highest BCUT2D eigenvalue weighted by Crippen LogP contribution is 2.16. The molecule has 1 nitrogen and oxygen atoms in total. The second kappa shape index (κ2) is 5.46. The number of hydrogen-bond acceptors (Lipinski definition) is 1. The van der Waals surface area contributed by atoms with E-state index in [0.717, 1.165) is 5.56 Å². The van der Waals surface area contributed by atoms with Crippen LogP contribution in [0.25, 0.3) is 6.08 Å². The van der Waals surface area contributed by atoms with Gasteiger partial charge in [-0.25, -0.2) is 0 Å². The van der Waals surface area contributed by atoms with Gasteiger partial charge in [-0.05, 0) is 23.8 Å². The van der Waals surface area contributed by atoms with E-state index in [0.29, 0.717) is 10.6 Å². The van der Waals surface area contributed by atoms with Crippen molar-refractivity contribution in [2.45, 2.75) is 0 Å². The Morgan fingerprint density at radius 1 is 0.941 bits per heavy atom. The molecule has 2 aromatic carbocycles. The number of halogens is 1. The SMILES string of the molecule is O=C(/C=C\c1ccccc1)c1ccccc1Cl. The molecular weight excluding hydrogens is 232 g/mol. The number of carbonyl (C=O) groups excluding carboxylic acids is 1. The number of hydrogen-bond donors (Lipinski definition) is 0. The van der Waals surface area contributed by atoms with Crippen molar-refractivity contribution in [3.63, 3.8) is 0 Å². The summed E-state index contributed by atoms with van der Waals surface area (Å²) in [5, 5.41) is 0.482. The Kier molecular flexibility index (Phi) is 3.73. The van der Waals surface area contributed by atoms with E-state index in [1.807, 2.05) is 30.3 Å². The minimum atomic E-state index is -0.0838. The van der Waals surface area contributed by atoms with Gasteiger partial charge in [-0.2, -0.15) is 0 Å². The van der Waals surface area contributed by atoms with Crippen LogP contribution in [0.4, 0.5) is 0 Å². The molecule has 0 radical (unpaired) electrons. The fraction of sp³-hybridized carbons (Fsp3) is 0. The minimum absolute atomic E-state index is 0.0838. The lowest BCUT2D eigenvalue weighted by Crippen LogP contribution is -1.94. The zero-order valence-corrected chi connectivity index (χ0v) is 9.89. The molecular formula is C15H11ClO. The smallest absolute Gasteiger partial charge is 0.187 e. The standard InChI is InChI=1S/C15H11ClO/c16-14-9-5-4-8-13(14)15(17)11-10-12-6-2-1-3-7-12/h1-11H/b11-10-. The Hall–Kier alpha value is -1.86. The molecule has 0 heterocycles. The van der Waals surface area contributed by atoms with Crippen molar-refractivity contribution in [3.05, 3.63) is 76.8 Å². The second-order valence-electron chi connectivity index (χ2n) is 3.59. The maximum atomic E-state index is 11.9. The van der Waals surface area contributed by atoms with Crippen LogP contribution in [0.15, 0.2) is 60.7 Å². The van der Waals surface area contributed by atoms with E-state index < -0.39 is 0 Å². The molecule has 2 heteroatoms. The largest absolute Gasteiger partial charge is 0.289 e. The zero-order valence-electron chi connectivity index (χ0n) is 9.14. The van der Waals surface area contributed by atoms with Crippen LogP contribution >= 0.6 is 11.6 Å². The summed E-state index contributed by atoms with van der Waals surface area (Å²) in [6, 6.07) is 16.7. The maximum absolute atomic E-state index is 11.9. The number of benzene rings is 2. The molecule has 0 saturated heterocycles. The van der Waals surface area contributed by atoms with Gasteiger partial charge in [0.05, 0.1) is 5.02 Å². The van der Waals surface area contributed by atoms with Crippen molar-refractivity contribution in [1.29, 1.82) is 0 Å². The van der Waals surface area contributed by atoms with E-state index in [9.17, 15) is 4.79 Å². The lowest BCUT2D eigenvalue weighted by Gasteiger charge is -1.98. The van der Waals surface area contributed by atoms with Gasteiger partial charge < -0.3 is 0 Å². The summed E-state index contributed by atoms with van der Waals surface area (Å²) >= 11 is 5.95. The minimum Gasteiger partial charge on any atom is -0.289 e. The van der Waals surface area contributed by atoms with Gasteiger partial charge in [0, 0.05) is 5.56 Å². The lowest BCUT2D eigenvalue weighted by molar-refractivity contribution is 0.104. The van der Waals surface area contributed by atoms with Gasteiger partial charge in [-0.1, -0.05) is 60.1 Å². The van der Waals surface area contributed by atoms with Crippen LogP contribution < -0.4 is 0 Å². The Morgan fingerprint density at radius 3 is 2.29 bits per heavy atom. The van der Waals surface area contributed by atoms with Gasteiger partial charge in [0.1, 0.15) is 0 Å². The van der Waals surface area contributed by atoms with Crippen LogP contribution in [0.3, 0.4) is 0 Å². The summed E-state index contributed by atoms with van der Waals surface area (Å²) in [7, 11) is 0. The first-order valence-corrected chi connectivity index (χ1v) is 5.67. The molecule has 2 aromatic rings. The first kappa shape index (κ1) is 11.6. The highest BCUT2D eigenvalue weighted by molar-refractivity contribution is 6.34. The molecule has 0 aliphatic rings. The van der Waals surface area contributed by atoms with E-state index in [-0.39, 0.29) is 5.78 Å². The Morgan fingerprint density at radius 2 is 1.59 bits per heavy atom. The molecule has 2 rings (SSSR count). The normalized spacial score (nSPS) is 10.6. The van der Waals surface area contributed by atoms with E-state index >= 15 is 0 Å². The number of ketones is 1. The van der Waals surface area contributed by atoms with E-state index in [1.165, 1.54) is 6.08 Å². The molecule has 0 aliphatic carbocycles. The van der Waals surface area contributed by atoms with E-state index in [1.54, 1.807) is 30.3 Å². The maximum Gasteiger partial charge on any atom is 0.187 e. The van der Waals surface area contributed by atoms with Crippen LogP contribution in [-0.2, 0) is 0 Å². The molecule has 0 fully saturated rings. The molecule has 84 valence electrons. The number of allylic oxidation sites excluding steroid dienone is 1. The lowest BCUT2D eigenvalue weighted by atomic mass is 10.1. The van der Waals surface area contributed by atoms with E-state index in [4.69, 9.17) is 11.6 Å².